The van der Waals surface area contributed by atoms with Crippen molar-refractivity contribution < 1.29 is 14.4 Å². The topological polar surface area (TPSA) is 107 Å². The Kier molecular flexibility index (Phi) is 6.41. The van der Waals surface area contributed by atoms with Crippen LogP contribution in [0.15, 0.2) is 42.6 Å². The van der Waals surface area contributed by atoms with Crippen molar-refractivity contribution in [2.45, 2.75) is 52.6 Å². The number of aromatic amines is 1. The third-order valence-electron chi connectivity index (χ3n) is 5.67. The first-order valence-electron chi connectivity index (χ1n) is 11.5. The highest BCUT2D eigenvalue weighted by molar-refractivity contribution is 6.15. The molecule has 0 radical (unpaired) electrons. The van der Waals surface area contributed by atoms with Crippen molar-refractivity contribution in [2.24, 2.45) is 5.41 Å². The second kappa shape index (κ2) is 9.29. The van der Waals surface area contributed by atoms with Crippen molar-refractivity contribution in [2.75, 3.05) is 12.4 Å². The number of hydrogen-bond acceptors (Lipinski definition) is 4. The molecule has 2 aromatic heterocycles. The Morgan fingerprint density at radius 3 is 2.53 bits per heavy atom. The fourth-order valence-electron chi connectivity index (χ4n) is 3.78. The van der Waals surface area contributed by atoms with E-state index in [0.29, 0.717) is 35.2 Å². The van der Waals surface area contributed by atoms with Crippen LogP contribution in [0.25, 0.3) is 10.9 Å². The van der Waals surface area contributed by atoms with Crippen molar-refractivity contribution in [1.29, 1.82) is 0 Å². The van der Waals surface area contributed by atoms with Crippen LogP contribution in [-0.2, 0) is 11.3 Å². The number of amides is 3. The first-order chi connectivity index (χ1) is 16.1. The van der Waals surface area contributed by atoms with Gasteiger partial charge in [0.25, 0.3) is 11.8 Å². The van der Waals surface area contributed by atoms with Crippen LogP contribution in [0.1, 0.15) is 66.4 Å². The van der Waals surface area contributed by atoms with E-state index in [1.165, 1.54) is 0 Å². The van der Waals surface area contributed by atoms with E-state index in [4.69, 9.17) is 0 Å². The molecule has 1 aromatic carbocycles. The highest BCUT2D eigenvalue weighted by Gasteiger charge is 2.28. The summed E-state index contributed by atoms with van der Waals surface area (Å²) >= 11 is 0. The third kappa shape index (κ3) is 5.62. The van der Waals surface area contributed by atoms with E-state index in [1.54, 1.807) is 36.3 Å². The molecule has 0 saturated heterocycles. The van der Waals surface area contributed by atoms with Gasteiger partial charge in [-0.15, -0.1) is 0 Å². The van der Waals surface area contributed by atoms with E-state index < -0.39 is 5.91 Å². The molecule has 1 aliphatic carbocycles. The molecule has 0 spiro atoms. The van der Waals surface area contributed by atoms with Gasteiger partial charge in [0.2, 0.25) is 5.91 Å². The lowest BCUT2D eigenvalue weighted by molar-refractivity contribution is -0.132. The molecule has 2 heterocycles. The minimum atomic E-state index is -0.402. The van der Waals surface area contributed by atoms with Gasteiger partial charge in [0.1, 0.15) is 11.5 Å². The Labute approximate surface area is 199 Å². The van der Waals surface area contributed by atoms with E-state index in [-0.39, 0.29) is 29.0 Å². The molecule has 3 amide bonds. The largest absolute Gasteiger partial charge is 0.349 e. The van der Waals surface area contributed by atoms with Gasteiger partial charge >= 0.3 is 0 Å². The predicted molar refractivity (Wildman–Crippen MR) is 132 cm³/mol. The summed E-state index contributed by atoms with van der Waals surface area (Å²) in [5.41, 5.74) is 2.21. The van der Waals surface area contributed by atoms with Gasteiger partial charge in [0, 0.05) is 43.2 Å². The smallest absolute Gasteiger partial charge is 0.275 e. The maximum absolute atomic E-state index is 13.0. The molecule has 3 aromatic rings. The molecule has 1 fully saturated rings. The number of H-pyrrole nitrogens is 1. The van der Waals surface area contributed by atoms with E-state index in [2.05, 4.69) is 20.6 Å². The summed E-state index contributed by atoms with van der Waals surface area (Å²) in [5, 5.41) is 6.53. The average molecular weight is 462 g/mol. The van der Waals surface area contributed by atoms with Crippen LogP contribution in [0.4, 0.5) is 5.82 Å². The van der Waals surface area contributed by atoms with Gasteiger partial charge in [-0.1, -0.05) is 39.0 Å². The second-order valence-corrected chi connectivity index (χ2v) is 10.2. The summed E-state index contributed by atoms with van der Waals surface area (Å²) in [7, 11) is 1.79. The maximum Gasteiger partial charge on any atom is 0.275 e. The third-order valence-corrected chi connectivity index (χ3v) is 5.67. The van der Waals surface area contributed by atoms with Gasteiger partial charge in [-0.25, -0.2) is 0 Å². The van der Waals surface area contributed by atoms with Crippen LogP contribution in [0.2, 0.25) is 0 Å². The van der Waals surface area contributed by atoms with Gasteiger partial charge in [0.15, 0.2) is 0 Å². The fraction of sp³-hybridized carbons (Fsp3) is 0.385. The Hall–Kier alpha value is -3.68. The predicted octanol–water partition coefficient (Wildman–Crippen LogP) is 4.10. The van der Waals surface area contributed by atoms with E-state index in [0.717, 1.165) is 18.4 Å². The number of carbonyl (C=O) groups is 3. The van der Waals surface area contributed by atoms with Crippen molar-refractivity contribution in [3.8, 4) is 0 Å². The minimum Gasteiger partial charge on any atom is -0.349 e. The van der Waals surface area contributed by atoms with E-state index in [9.17, 15) is 14.4 Å². The molecule has 178 valence electrons. The van der Waals surface area contributed by atoms with Crippen molar-refractivity contribution >= 4 is 34.4 Å². The van der Waals surface area contributed by atoms with Crippen LogP contribution < -0.4 is 10.6 Å². The first-order valence-corrected chi connectivity index (χ1v) is 11.5. The number of rotatable bonds is 7. The summed E-state index contributed by atoms with van der Waals surface area (Å²) in [5.74, 6) is -0.222. The summed E-state index contributed by atoms with van der Waals surface area (Å²) in [6, 6.07) is 11.0. The normalized spacial score (nSPS) is 13.5. The molecule has 0 atom stereocenters. The molecule has 0 aliphatic heterocycles. The SMILES string of the molecule is CN(Cc1ccc2c(C(=O)NC3CC3)c(NC(=O)c3ccccn3)[nH]c2c1)C(=O)CC(C)(C)C. The van der Waals surface area contributed by atoms with Crippen LogP contribution >= 0.6 is 0 Å². The van der Waals surface area contributed by atoms with Crippen LogP contribution in [0, 0.1) is 5.41 Å². The molecule has 3 N–H and O–H groups in total. The van der Waals surface area contributed by atoms with Gasteiger partial charge in [-0.3, -0.25) is 19.4 Å². The summed E-state index contributed by atoms with van der Waals surface area (Å²) in [4.78, 5) is 47.3. The van der Waals surface area contributed by atoms with Crippen molar-refractivity contribution in [1.82, 2.24) is 20.2 Å². The standard InChI is InChI=1S/C26H31N5O3/c1-26(2,3)14-21(32)31(4)15-16-8-11-18-20(13-16)29-23(22(18)25(34)28-17-9-10-17)30-24(33)19-7-5-6-12-27-19/h5-8,11-13,17,29H,9-10,14-15H2,1-4H3,(H,28,34)(H,30,33). The van der Waals surface area contributed by atoms with Gasteiger partial charge < -0.3 is 20.5 Å². The summed E-state index contributed by atoms with van der Waals surface area (Å²) in [6.45, 7) is 6.57. The molecule has 34 heavy (non-hydrogen) atoms. The van der Waals surface area contributed by atoms with E-state index >= 15 is 0 Å². The van der Waals surface area contributed by atoms with Crippen molar-refractivity contribution in [3.63, 3.8) is 0 Å². The molecule has 4 rings (SSSR count). The molecule has 8 heteroatoms. The van der Waals surface area contributed by atoms with Crippen LogP contribution in [0.3, 0.4) is 0 Å². The average Bonchev–Trinajstić information content (AvgIpc) is 3.51. The van der Waals surface area contributed by atoms with Gasteiger partial charge in [-0.05, 0) is 42.0 Å². The number of hydrogen-bond donors (Lipinski definition) is 3. The second-order valence-electron chi connectivity index (χ2n) is 10.2. The molecule has 0 unspecified atom stereocenters. The Morgan fingerprint density at radius 1 is 1.12 bits per heavy atom. The highest BCUT2D eigenvalue weighted by Crippen LogP contribution is 2.30. The zero-order valence-electron chi connectivity index (χ0n) is 20.1. The Bertz CT molecular complexity index is 1220. The lowest BCUT2D eigenvalue weighted by atomic mass is 9.91. The molecule has 1 saturated carbocycles. The number of benzene rings is 1. The summed E-state index contributed by atoms with van der Waals surface area (Å²) < 4.78 is 0. The monoisotopic (exact) mass is 461 g/mol. The molecule has 8 nitrogen and oxygen atoms in total. The summed E-state index contributed by atoms with van der Waals surface area (Å²) in [6.07, 6.45) is 3.93. The first kappa shape index (κ1) is 23.5. The van der Waals surface area contributed by atoms with Crippen LogP contribution in [-0.4, -0.2) is 45.7 Å². The zero-order chi connectivity index (χ0) is 24.5. The van der Waals surface area contributed by atoms with Crippen molar-refractivity contribution in [3.05, 3.63) is 59.4 Å². The maximum atomic E-state index is 13.0. The number of anilines is 1. The molecular weight excluding hydrogens is 430 g/mol. The minimum absolute atomic E-state index is 0.0758. The zero-order valence-corrected chi connectivity index (χ0v) is 20.1. The number of pyridine rings is 1. The fourth-order valence-corrected chi connectivity index (χ4v) is 3.78. The number of carbonyl (C=O) groups excluding carboxylic acids is 3. The van der Waals surface area contributed by atoms with Gasteiger partial charge in [-0.2, -0.15) is 0 Å². The molecule has 0 bridgehead atoms. The number of nitrogens with zero attached hydrogens (tertiary/aromatic N) is 2. The van der Waals surface area contributed by atoms with Crippen LogP contribution in [0.5, 0.6) is 0 Å². The molecular formula is C26H31N5O3. The number of fused-ring (bicyclic) bond motifs is 1. The Balaban J connectivity index is 1.62. The Morgan fingerprint density at radius 2 is 1.88 bits per heavy atom. The molecule has 1 aliphatic rings. The van der Waals surface area contributed by atoms with Gasteiger partial charge in [0.05, 0.1) is 5.56 Å². The lowest BCUT2D eigenvalue weighted by Crippen LogP contribution is -2.29. The highest BCUT2D eigenvalue weighted by atomic mass is 16.2. The lowest BCUT2D eigenvalue weighted by Gasteiger charge is -2.23. The number of nitrogens with one attached hydrogen (secondary N) is 3. The number of aromatic nitrogens is 2. The van der Waals surface area contributed by atoms with E-state index in [1.807, 2.05) is 39.0 Å². The quantitative estimate of drug-likeness (QED) is 0.492.